The number of carboxylic acid groups (broad SMARTS) is 1. The summed E-state index contributed by atoms with van der Waals surface area (Å²) in [6.45, 7) is 0.560. The molecule has 2 heterocycles. The summed E-state index contributed by atoms with van der Waals surface area (Å²) < 4.78 is 26.2. The molecule has 2 aromatic rings. The average Bonchev–Trinajstić information content (AvgIpc) is 3.20. The van der Waals surface area contributed by atoms with Gasteiger partial charge < -0.3 is 10.0 Å². The van der Waals surface area contributed by atoms with E-state index in [4.69, 9.17) is 5.11 Å². The number of benzene rings is 1. The number of nitrogens with one attached hydrogen (secondary N) is 1. The Labute approximate surface area is 146 Å². The van der Waals surface area contributed by atoms with Crippen molar-refractivity contribution in [2.24, 2.45) is 5.92 Å². The predicted molar refractivity (Wildman–Crippen MR) is 87.6 cm³/mol. The molecule has 1 atom stereocenters. The molecule has 6 nitrogen and oxygen atoms in total. The summed E-state index contributed by atoms with van der Waals surface area (Å²) in [7, 11) is 0. The number of carboxylic acids is 1. The number of nitrogens with zero attached hydrogens (tertiary/aromatic N) is 2. The van der Waals surface area contributed by atoms with Gasteiger partial charge in [0.2, 0.25) is 0 Å². The second kappa shape index (κ2) is 7.14. The maximum Gasteiger partial charge on any atom is 0.323 e. The molecule has 0 radical (unpaired) electrons. The van der Waals surface area contributed by atoms with Gasteiger partial charge in [0.15, 0.2) is 16.8 Å². The van der Waals surface area contributed by atoms with E-state index in [1.807, 2.05) is 0 Å². The number of rotatable bonds is 4. The predicted octanol–water partition coefficient (Wildman–Crippen LogP) is 2.95. The molecule has 9 heteroatoms. The molecule has 1 aromatic carbocycles. The number of hydrogen-bond donors (Lipinski definition) is 2. The standard InChI is InChI=1S/C16H15F2N3O3S/c17-12-2-1-9(6-13(12)18)5-11-7-19-15(25-11)20-16(24)21-4-3-10(8-21)14(22)23/h1-2,6-7,10H,3-5,8H2,(H,22,23)(H,19,20,24). The van der Waals surface area contributed by atoms with Crippen molar-refractivity contribution in [2.45, 2.75) is 12.8 Å². The number of hydrogen-bond acceptors (Lipinski definition) is 4. The summed E-state index contributed by atoms with van der Waals surface area (Å²) in [5.41, 5.74) is 0.601. The zero-order chi connectivity index (χ0) is 18.0. The van der Waals surface area contributed by atoms with E-state index < -0.39 is 29.6 Å². The Morgan fingerprint density at radius 3 is 2.84 bits per heavy atom. The normalized spacial score (nSPS) is 16.9. The van der Waals surface area contributed by atoms with E-state index in [1.165, 1.54) is 22.3 Å². The Morgan fingerprint density at radius 2 is 2.16 bits per heavy atom. The van der Waals surface area contributed by atoms with Gasteiger partial charge in [0.05, 0.1) is 5.92 Å². The molecular weight excluding hydrogens is 352 g/mol. The SMILES string of the molecule is O=C(O)C1CCN(C(=O)Nc2ncc(Cc3ccc(F)c(F)c3)s2)C1. The fraction of sp³-hybridized carbons (Fsp3) is 0.312. The van der Waals surface area contributed by atoms with E-state index in [2.05, 4.69) is 10.3 Å². The van der Waals surface area contributed by atoms with E-state index in [-0.39, 0.29) is 6.54 Å². The topological polar surface area (TPSA) is 82.5 Å². The highest BCUT2D eigenvalue weighted by molar-refractivity contribution is 7.15. The highest BCUT2D eigenvalue weighted by Crippen LogP contribution is 2.23. The first-order valence-electron chi connectivity index (χ1n) is 7.59. The highest BCUT2D eigenvalue weighted by Gasteiger charge is 2.31. The van der Waals surface area contributed by atoms with Crippen LogP contribution in [0, 0.1) is 17.6 Å². The minimum atomic E-state index is -0.905. The first-order valence-corrected chi connectivity index (χ1v) is 8.41. The van der Waals surface area contributed by atoms with Gasteiger partial charge in [-0.15, -0.1) is 11.3 Å². The number of carbonyl (C=O) groups is 2. The van der Waals surface area contributed by atoms with Gasteiger partial charge in [-0.1, -0.05) is 6.07 Å². The summed E-state index contributed by atoms with van der Waals surface area (Å²) >= 11 is 1.23. The molecule has 0 bridgehead atoms. The second-order valence-electron chi connectivity index (χ2n) is 5.76. The largest absolute Gasteiger partial charge is 0.481 e. The average molecular weight is 367 g/mol. The molecule has 0 aliphatic carbocycles. The summed E-state index contributed by atoms with van der Waals surface area (Å²) in [6, 6.07) is 3.30. The van der Waals surface area contributed by atoms with E-state index in [1.54, 1.807) is 6.20 Å². The minimum Gasteiger partial charge on any atom is -0.481 e. The van der Waals surface area contributed by atoms with Gasteiger partial charge >= 0.3 is 12.0 Å². The first kappa shape index (κ1) is 17.3. The van der Waals surface area contributed by atoms with Crippen molar-refractivity contribution in [1.82, 2.24) is 9.88 Å². The monoisotopic (exact) mass is 367 g/mol. The maximum absolute atomic E-state index is 13.2. The Bertz CT molecular complexity index is 812. The third kappa shape index (κ3) is 4.11. The van der Waals surface area contributed by atoms with Gasteiger partial charge in [-0.05, 0) is 24.1 Å². The van der Waals surface area contributed by atoms with Crippen LogP contribution in [0.25, 0.3) is 0 Å². The van der Waals surface area contributed by atoms with E-state index in [9.17, 15) is 18.4 Å². The number of urea groups is 1. The first-order chi connectivity index (χ1) is 11.9. The zero-order valence-corrected chi connectivity index (χ0v) is 13.9. The third-order valence-electron chi connectivity index (χ3n) is 3.95. The highest BCUT2D eigenvalue weighted by atomic mass is 32.1. The number of amides is 2. The molecule has 1 saturated heterocycles. The fourth-order valence-corrected chi connectivity index (χ4v) is 3.45. The smallest absolute Gasteiger partial charge is 0.323 e. The molecule has 1 fully saturated rings. The molecule has 1 aliphatic rings. The number of aromatic nitrogens is 1. The van der Waals surface area contributed by atoms with Gasteiger partial charge in [-0.2, -0.15) is 0 Å². The number of carbonyl (C=O) groups excluding carboxylic acids is 1. The molecule has 3 rings (SSSR count). The number of aliphatic carboxylic acids is 1. The van der Waals surface area contributed by atoms with Gasteiger partial charge in [-0.25, -0.2) is 18.6 Å². The van der Waals surface area contributed by atoms with Crippen LogP contribution in [0.15, 0.2) is 24.4 Å². The minimum absolute atomic E-state index is 0.175. The van der Waals surface area contributed by atoms with Crippen LogP contribution >= 0.6 is 11.3 Å². The fourth-order valence-electron chi connectivity index (χ4n) is 2.61. The molecule has 2 amide bonds. The lowest BCUT2D eigenvalue weighted by Gasteiger charge is -2.15. The van der Waals surface area contributed by atoms with Crippen LogP contribution in [-0.4, -0.2) is 40.1 Å². The van der Waals surface area contributed by atoms with Crippen molar-refractivity contribution in [3.63, 3.8) is 0 Å². The molecule has 0 spiro atoms. The lowest BCUT2D eigenvalue weighted by atomic mass is 10.1. The Kier molecular flexibility index (Phi) is 4.93. The number of thiazole rings is 1. The van der Waals surface area contributed by atoms with Crippen molar-refractivity contribution in [3.05, 3.63) is 46.5 Å². The van der Waals surface area contributed by atoms with Crippen molar-refractivity contribution in [2.75, 3.05) is 18.4 Å². The van der Waals surface area contributed by atoms with Crippen LogP contribution in [0.3, 0.4) is 0 Å². The molecule has 0 saturated carbocycles. The summed E-state index contributed by atoms with van der Waals surface area (Å²) in [4.78, 5) is 29.4. The van der Waals surface area contributed by atoms with Crippen LogP contribution in [-0.2, 0) is 11.2 Å². The Hall–Kier alpha value is -2.55. The maximum atomic E-state index is 13.2. The molecule has 1 aliphatic heterocycles. The van der Waals surface area contributed by atoms with Gasteiger partial charge in [0.1, 0.15) is 0 Å². The zero-order valence-electron chi connectivity index (χ0n) is 13.0. The van der Waals surface area contributed by atoms with Crippen molar-refractivity contribution >= 4 is 28.5 Å². The quantitative estimate of drug-likeness (QED) is 0.870. The summed E-state index contributed by atoms with van der Waals surface area (Å²) in [5, 5.41) is 12.0. The number of anilines is 1. The molecule has 25 heavy (non-hydrogen) atoms. The van der Waals surface area contributed by atoms with Gasteiger partial charge in [0.25, 0.3) is 0 Å². The Balaban J connectivity index is 1.59. The van der Waals surface area contributed by atoms with Crippen molar-refractivity contribution in [3.8, 4) is 0 Å². The number of likely N-dealkylation sites (tertiary alicyclic amines) is 1. The van der Waals surface area contributed by atoms with Gasteiger partial charge in [-0.3, -0.25) is 10.1 Å². The van der Waals surface area contributed by atoms with Crippen LogP contribution in [0.4, 0.5) is 18.7 Å². The van der Waals surface area contributed by atoms with Crippen LogP contribution in [0.5, 0.6) is 0 Å². The van der Waals surface area contributed by atoms with Crippen molar-refractivity contribution in [1.29, 1.82) is 0 Å². The van der Waals surface area contributed by atoms with Crippen molar-refractivity contribution < 1.29 is 23.5 Å². The van der Waals surface area contributed by atoms with E-state index in [0.29, 0.717) is 30.1 Å². The second-order valence-corrected chi connectivity index (χ2v) is 6.87. The molecule has 132 valence electrons. The van der Waals surface area contributed by atoms with E-state index in [0.717, 1.165) is 17.0 Å². The molecule has 1 aromatic heterocycles. The van der Waals surface area contributed by atoms with Crippen LogP contribution < -0.4 is 5.32 Å². The Morgan fingerprint density at radius 1 is 1.36 bits per heavy atom. The van der Waals surface area contributed by atoms with Gasteiger partial charge in [0, 0.05) is 30.6 Å². The lowest BCUT2D eigenvalue weighted by molar-refractivity contribution is -0.141. The number of halogens is 2. The lowest BCUT2D eigenvalue weighted by Crippen LogP contribution is -2.33. The van der Waals surface area contributed by atoms with E-state index >= 15 is 0 Å². The van der Waals surface area contributed by atoms with Crippen LogP contribution in [0.2, 0.25) is 0 Å². The molecule has 1 unspecified atom stereocenters. The molecular formula is C16H15F2N3O3S. The molecule has 2 N–H and O–H groups in total. The van der Waals surface area contributed by atoms with Crippen LogP contribution in [0.1, 0.15) is 16.9 Å². The summed E-state index contributed by atoms with van der Waals surface area (Å²) in [5.74, 6) is -3.24. The third-order valence-corrected chi connectivity index (χ3v) is 4.87. The summed E-state index contributed by atoms with van der Waals surface area (Å²) in [6.07, 6.45) is 2.36.